The Morgan fingerprint density at radius 2 is 1.76 bits per heavy atom. The quantitative estimate of drug-likeness (QED) is 0.728. The summed E-state index contributed by atoms with van der Waals surface area (Å²) in [5.74, 6) is 7.15. The molecule has 29 heavy (non-hydrogen) atoms. The number of amides is 2. The van der Waals surface area contributed by atoms with Gasteiger partial charge in [0.25, 0.3) is 0 Å². The first-order valence-corrected chi connectivity index (χ1v) is 10.8. The number of aliphatic hydroxyl groups is 1. The fourth-order valence-corrected chi connectivity index (χ4v) is 4.20. The van der Waals surface area contributed by atoms with Gasteiger partial charge in [-0.1, -0.05) is 37.8 Å². The lowest BCUT2D eigenvalue weighted by atomic mass is 9.74. The van der Waals surface area contributed by atoms with Crippen molar-refractivity contribution in [3.05, 3.63) is 35.4 Å². The molecule has 0 unspecified atom stereocenters. The monoisotopic (exact) mass is 394 g/mol. The van der Waals surface area contributed by atoms with Gasteiger partial charge in [0.05, 0.1) is 18.7 Å². The zero-order valence-corrected chi connectivity index (χ0v) is 17.2. The van der Waals surface area contributed by atoms with Crippen molar-refractivity contribution in [1.29, 1.82) is 0 Å². The van der Waals surface area contributed by atoms with Crippen LogP contribution in [0.15, 0.2) is 24.3 Å². The van der Waals surface area contributed by atoms with Crippen molar-refractivity contribution in [2.24, 2.45) is 17.8 Å². The summed E-state index contributed by atoms with van der Waals surface area (Å²) in [7, 11) is 0. The maximum Gasteiger partial charge on any atom is 0.226 e. The zero-order chi connectivity index (χ0) is 20.5. The third kappa shape index (κ3) is 4.33. The first-order chi connectivity index (χ1) is 14.0. The minimum absolute atomic E-state index is 0.0225. The fourth-order valence-electron chi connectivity index (χ4n) is 4.20. The van der Waals surface area contributed by atoms with Gasteiger partial charge in [-0.2, -0.15) is 0 Å². The molecular weight excluding hydrogens is 364 g/mol. The standard InChI is InChI=1S/C24H30N2O3/c1-15(2)3-4-16-5-7-17(8-6-16)22-20(13-25-23(28)18-9-10-18)26(21(22)14-27)24(29)19-11-12-19/h5-8,15,18-22,27H,9-14H2,1-2H3,(H,25,28)/t20-,21+,22+/m0/s1. The Morgan fingerprint density at radius 3 is 2.31 bits per heavy atom. The topological polar surface area (TPSA) is 69.6 Å². The van der Waals surface area contributed by atoms with E-state index >= 15 is 0 Å². The van der Waals surface area contributed by atoms with Crippen molar-refractivity contribution in [3.63, 3.8) is 0 Å². The Balaban J connectivity index is 1.52. The van der Waals surface area contributed by atoms with Crippen LogP contribution in [0.25, 0.3) is 0 Å². The third-order valence-electron chi connectivity index (χ3n) is 6.15. The van der Waals surface area contributed by atoms with Crippen LogP contribution in [0.4, 0.5) is 0 Å². The number of rotatable bonds is 6. The molecule has 5 heteroatoms. The molecule has 1 aliphatic heterocycles. The van der Waals surface area contributed by atoms with Crippen molar-refractivity contribution in [2.45, 2.75) is 57.5 Å². The number of carbonyl (C=O) groups excluding carboxylic acids is 2. The third-order valence-corrected chi connectivity index (χ3v) is 6.15. The Bertz CT molecular complexity index is 828. The summed E-state index contributed by atoms with van der Waals surface area (Å²) in [6, 6.07) is 7.78. The maximum atomic E-state index is 12.8. The molecule has 3 atom stereocenters. The van der Waals surface area contributed by atoms with Crippen molar-refractivity contribution < 1.29 is 14.7 Å². The van der Waals surface area contributed by atoms with E-state index in [1.165, 1.54) is 0 Å². The predicted molar refractivity (Wildman–Crippen MR) is 111 cm³/mol. The van der Waals surface area contributed by atoms with Crippen LogP contribution in [-0.4, -0.2) is 47.1 Å². The van der Waals surface area contributed by atoms with Gasteiger partial charge in [0.15, 0.2) is 0 Å². The van der Waals surface area contributed by atoms with Gasteiger partial charge >= 0.3 is 0 Å². The van der Waals surface area contributed by atoms with Gasteiger partial charge in [-0.3, -0.25) is 9.59 Å². The van der Waals surface area contributed by atoms with Gasteiger partial charge in [0, 0.05) is 35.8 Å². The first kappa shape index (κ1) is 20.0. The van der Waals surface area contributed by atoms with Gasteiger partial charge in [-0.05, 0) is 43.4 Å². The highest BCUT2D eigenvalue weighted by molar-refractivity contribution is 5.84. The molecule has 0 aromatic heterocycles. The summed E-state index contributed by atoms with van der Waals surface area (Å²) >= 11 is 0. The van der Waals surface area contributed by atoms with E-state index in [-0.39, 0.29) is 48.3 Å². The highest BCUT2D eigenvalue weighted by atomic mass is 16.3. The normalized spacial score (nSPS) is 25.8. The van der Waals surface area contributed by atoms with Crippen LogP contribution in [-0.2, 0) is 9.59 Å². The van der Waals surface area contributed by atoms with Crippen LogP contribution in [0.2, 0.25) is 0 Å². The zero-order valence-electron chi connectivity index (χ0n) is 17.2. The van der Waals surface area contributed by atoms with E-state index in [0.717, 1.165) is 36.8 Å². The number of nitrogens with zero attached hydrogens (tertiary/aromatic N) is 1. The second kappa shape index (κ2) is 8.20. The van der Waals surface area contributed by atoms with E-state index in [4.69, 9.17) is 0 Å². The van der Waals surface area contributed by atoms with E-state index in [1.807, 2.05) is 29.2 Å². The molecule has 0 bridgehead atoms. The largest absolute Gasteiger partial charge is 0.394 e. The van der Waals surface area contributed by atoms with Gasteiger partial charge in [0.1, 0.15) is 0 Å². The number of hydrogen-bond donors (Lipinski definition) is 2. The first-order valence-electron chi connectivity index (χ1n) is 10.8. The minimum Gasteiger partial charge on any atom is -0.394 e. The van der Waals surface area contributed by atoms with Crippen molar-refractivity contribution in [3.8, 4) is 11.8 Å². The molecule has 3 fully saturated rings. The Hall–Kier alpha value is -2.32. The van der Waals surface area contributed by atoms with E-state index in [0.29, 0.717) is 12.5 Å². The summed E-state index contributed by atoms with van der Waals surface area (Å²) in [6.45, 7) is 4.51. The van der Waals surface area contributed by atoms with Crippen LogP contribution in [0.1, 0.15) is 56.6 Å². The highest BCUT2D eigenvalue weighted by Gasteiger charge is 2.53. The lowest BCUT2D eigenvalue weighted by molar-refractivity contribution is -0.152. The Kier molecular flexibility index (Phi) is 5.65. The van der Waals surface area contributed by atoms with Crippen molar-refractivity contribution in [2.75, 3.05) is 13.2 Å². The molecule has 0 spiro atoms. The highest BCUT2D eigenvalue weighted by Crippen LogP contribution is 2.44. The summed E-state index contributed by atoms with van der Waals surface area (Å²) in [5, 5.41) is 13.1. The molecule has 1 saturated heterocycles. The fraction of sp³-hybridized carbons (Fsp3) is 0.583. The van der Waals surface area contributed by atoms with E-state index < -0.39 is 0 Å². The van der Waals surface area contributed by atoms with E-state index in [9.17, 15) is 14.7 Å². The second-order valence-corrected chi connectivity index (χ2v) is 8.93. The average Bonchev–Trinajstić information content (AvgIpc) is 3.57. The molecule has 4 rings (SSSR count). The lowest BCUT2D eigenvalue weighted by Gasteiger charge is -2.55. The van der Waals surface area contributed by atoms with Gasteiger partial charge < -0.3 is 15.3 Å². The Morgan fingerprint density at radius 1 is 1.10 bits per heavy atom. The van der Waals surface area contributed by atoms with Gasteiger partial charge in [-0.15, -0.1) is 0 Å². The Labute approximate surface area is 172 Å². The molecule has 2 saturated carbocycles. The van der Waals surface area contributed by atoms with Gasteiger partial charge in [-0.25, -0.2) is 0 Å². The SMILES string of the molecule is CC(C)C#Cc1ccc([C@H]2[C@@H](CO)N(C(=O)C3CC3)[C@H]2CNC(=O)C2CC2)cc1. The van der Waals surface area contributed by atoms with Crippen molar-refractivity contribution in [1.82, 2.24) is 10.2 Å². The van der Waals surface area contributed by atoms with Crippen LogP contribution in [0.5, 0.6) is 0 Å². The number of nitrogens with one attached hydrogen (secondary N) is 1. The number of carbonyl (C=O) groups is 2. The van der Waals surface area contributed by atoms with E-state index in [2.05, 4.69) is 31.0 Å². The molecule has 1 heterocycles. The number of likely N-dealkylation sites (tertiary alicyclic amines) is 1. The number of aliphatic hydroxyl groups excluding tert-OH is 1. The molecule has 1 aromatic rings. The predicted octanol–water partition coefficient (Wildman–Crippen LogP) is 2.29. The average molecular weight is 395 g/mol. The summed E-state index contributed by atoms with van der Waals surface area (Å²) in [4.78, 5) is 26.8. The molecule has 1 aromatic carbocycles. The molecule has 154 valence electrons. The van der Waals surface area contributed by atoms with Crippen LogP contribution in [0.3, 0.4) is 0 Å². The smallest absolute Gasteiger partial charge is 0.226 e. The summed E-state index contributed by atoms with van der Waals surface area (Å²) < 4.78 is 0. The molecule has 2 N–H and O–H groups in total. The number of hydrogen-bond acceptors (Lipinski definition) is 3. The van der Waals surface area contributed by atoms with Gasteiger partial charge in [0.2, 0.25) is 11.8 Å². The summed E-state index contributed by atoms with van der Waals surface area (Å²) in [5.41, 5.74) is 2.05. The molecule has 0 radical (unpaired) electrons. The van der Waals surface area contributed by atoms with E-state index in [1.54, 1.807) is 0 Å². The lowest BCUT2D eigenvalue weighted by Crippen LogP contribution is -2.69. The second-order valence-electron chi connectivity index (χ2n) is 8.93. The molecule has 2 amide bonds. The maximum absolute atomic E-state index is 12.8. The molecular formula is C24H30N2O3. The van der Waals surface area contributed by atoms with Crippen LogP contribution in [0, 0.1) is 29.6 Å². The molecule has 2 aliphatic carbocycles. The van der Waals surface area contributed by atoms with Crippen LogP contribution < -0.4 is 5.32 Å². The van der Waals surface area contributed by atoms with Crippen molar-refractivity contribution >= 4 is 11.8 Å². The summed E-state index contributed by atoms with van der Waals surface area (Å²) in [6.07, 6.45) is 3.79. The number of benzene rings is 1. The molecule has 3 aliphatic rings. The molecule has 5 nitrogen and oxygen atoms in total. The van der Waals surface area contributed by atoms with Crippen LogP contribution >= 0.6 is 0 Å². The minimum atomic E-state index is -0.224.